The fraction of sp³-hybridized carbons (Fsp3) is 0.333. The molecular formula is C9H10FNO2. The van der Waals surface area contributed by atoms with Crippen molar-refractivity contribution in [2.24, 2.45) is 0 Å². The Balaban J connectivity index is 2.54. The molecule has 0 bridgehead atoms. The molecule has 0 atom stereocenters. The zero-order chi connectivity index (χ0) is 9.68. The fourth-order valence-electron chi connectivity index (χ4n) is 0.794. The van der Waals surface area contributed by atoms with E-state index in [4.69, 9.17) is 4.74 Å². The Morgan fingerprint density at radius 3 is 2.92 bits per heavy atom. The van der Waals surface area contributed by atoms with Crippen molar-refractivity contribution >= 4 is 5.97 Å². The largest absolute Gasteiger partial charge is 0.407 e. The van der Waals surface area contributed by atoms with Crippen LogP contribution in [0.2, 0.25) is 0 Å². The zero-order valence-corrected chi connectivity index (χ0v) is 7.29. The number of esters is 1. The van der Waals surface area contributed by atoms with E-state index in [1.165, 1.54) is 12.1 Å². The van der Waals surface area contributed by atoms with Gasteiger partial charge in [-0.15, -0.1) is 0 Å². The summed E-state index contributed by atoms with van der Waals surface area (Å²) in [6, 6.07) is 2.52. The van der Waals surface area contributed by atoms with E-state index in [-0.39, 0.29) is 11.8 Å². The normalized spacial score (nSPS) is 9.69. The van der Waals surface area contributed by atoms with Gasteiger partial charge >= 0.3 is 5.97 Å². The van der Waals surface area contributed by atoms with E-state index in [2.05, 4.69) is 4.98 Å². The van der Waals surface area contributed by atoms with Crippen molar-refractivity contribution in [3.63, 3.8) is 0 Å². The first kappa shape index (κ1) is 9.64. The molecule has 3 nitrogen and oxygen atoms in total. The van der Waals surface area contributed by atoms with Crippen molar-refractivity contribution in [3.8, 4) is 5.88 Å². The second-order valence-corrected chi connectivity index (χ2v) is 2.54. The van der Waals surface area contributed by atoms with Crippen molar-refractivity contribution in [1.82, 2.24) is 4.98 Å². The lowest BCUT2D eigenvalue weighted by Gasteiger charge is -2.00. The van der Waals surface area contributed by atoms with Gasteiger partial charge in [0.2, 0.25) is 5.88 Å². The van der Waals surface area contributed by atoms with Crippen molar-refractivity contribution in [2.45, 2.75) is 19.8 Å². The SMILES string of the molecule is CCCC(=O)Oc1ccc(F)cn1. The minimum atomic E-state index is -0.449. The summed E-state index contributed by atoms with van der Waals surface area (Å²) in [5.41, 5.74) is 0. The first-order chi connectivity index (χ1) is 6.22. The number of carbonyl (C=O) groups excluding carboxylic acids is 1. The number of nitrogens with zero attached hydrogens (tertiary/aromatic N) is 1. The summed E-state index contributed by atoms with van der Waals surface area (Å²) in [6.07, 6.45) is 2.08. The highest BCUT2D eigenvalue weighted by molar-refractivity contribution is 5.71. The van der Waals surface area contributed by atoms with Crippen LogP contribution in [-0.2, 0) is 4.79 Å². The smallest absolute Gasteiger partial charge is 0.312 e. The highest BCUT2D eigenvalue weighted by atomic mass is 19.1. The molecular weight excluding hydrogens is 173 g/mol. The zero-order valence-electron chi connectivity index (χ0n) is 7.29. The molecule has 0 fully saturated rings. The Morgan fingerprint density at radius 1 is 1.62 bits per heavy atom. The van der Waals surface area contributed by atoms with Crippen LogP contribution < -0.4 is 4.74 Å². The van der Waals surface area contributed by atoms with E-state index in [1.54, 1.807) is 0 Å². The summed E-state index contributed by atoms with van der Waals surface area (Å²) in [5, 5.41) is 0. The van der Waals surface area contributed by atoms with Crippen LogP contribution in [0.25, 0.3) is 0 Å². The molecule has 0 amide bonds. The van der Waals surface area contributed by atoms with Crippen molar-refractivity contribution in [1.29, 1.82) is 0 Å². The number of hydrogen-bond acceptors (Lipinski definition) is 3. The van der Waals surface area contributed by atoms with Gasteiger partial charge in [-0.3, -0.25) is 4.79 Å². The minimum Gasteiger partial charge on any atom is -0.407 e. The van der Waals surface area contributed by atoms with Gasteiger partial charge in [-0.1, -0.05) is 6.92 Å². The first-order valence-electron chi connectivity index (χ1n) is 4.04. The van der Waals surface area contributed by atoms with Gasteiger partial charge in [0.15, 0.2) is 0 Å². The molecule has 1 aromatic heterocycles. The molecule has 0 aliphatic heterocycles. The summed E-state index contributed by atoms with van der Waals surface area (Å²) in [5.74, 6) is -0.656. The Morgan fingerprint density at radius 2 is 2.38 bits per heavy atom. The Labute approximate surface area is 75.6 Å². The maximum absolute atomic E-state index is 12.4. The molecule has 1 rings (SSSR count). The van der Waals surface area contributed by atoms with Gasteiger partial charge in [0.05, 0.1) is 6.20 Å². The molecule has 0 aliphatic carbocycles. The molecule has 0 aliphatic rings. The third-order valence-electron chi connectivity index (χ3n) is 1.37. The molecule has 70 valence electrons. The van der Waals surface area contributed by atoms with E-state index >= 15 is 0 Å². The van der Waals surface area contributed by atoms with Crippen LogP contribution in [0.1, 0.15) is 19.8 Å². The molecule has 13 heavy (non-hydrogen) atoms. The average Bonchev–Trinajstić information content (AvgIpc) is 2.09. The Bertz CT molecular complexity index is 284. The minimum absolute atomic E-state index is 0.139. The molecule has 0 saturated carbocycles. The van der Waals surface area contributed by atoms with Crippen LogP contribution in [0.4, 0.5) is 4.39 Å². The molecule has 0 spiro atoms. The summed E-state index contributed by atoms with van der Waals surface area (Å²) in [7, 11) is 0. The topological polar surface area (TPSA) is 39.2 Å². The molecule has 0 saturated heterocycles. The highest BCUT2D eigenvalue weighted by Gasteiger charge is 2.03. The van der Waals surface area contributed by atoms with Gasteiger partial charge in [-0.2, -0.15) is 0 Å². The van der Waals surface area contributed by atoms with Gasteiger partial charge in [0.25, 0.3) is 0 Å². The first-order valence-corrected chi connectivity index (χ1v) is 4.04. The van der Waals surface area contributed by atoms with E-state index in [9.17, 15) is 9.18 Å². The van der Waals surface area contributed by atoms with Gasteiger partial charge in [-0.05, 0) is 12.5 Å². The lowest BCUT2D eigenvalue weighted by atomic mass is 10.3. The van der Waals surface area contributed by atoms with Gasteiger partial charge in [0.1, 0.15) is 5.82 Å². The summed E-state index contributed by atoms with van der Waals surface area (Å²) in [6.45, 7) is 1.87. The Hall–Kier alpha value is -1.45. The maximum Gasteiger partial charge on any atom is 0.312 e. The van der Waals surface area contributed by atoms with Crippen molar-refractivity contribution < 1.29 is 13.9 Å². The van der Waals surface area contributed by atoms with Crippen LogP contribution in [0.3, 0.4) is 0 Å². The van der Waals surface area contributed by atoms with Crippen LogP contribution in [0.15, 0.2) is 18.3 Å². The molecule has 0 aromatic carbocycles. The quantitative estimate of drug-likeness (QED) is 0.672. The maximum atomic E-state index is 12.4. The Kier molecular flexibility index (Phi) is 3.37. The monoisotopic (exact) mass is 183 g/mol. The average molecular weight is 183 g/mol. The fourth-order valence-corrected chi connectivity index (χ4v) is 0.794. The van der Waals surface area contributed by atoms with Crippen LogP contribution in [-0.4, -0.2) is 11.0 Å². The number of aromatic nitrogens is 1. The summed E-state index contributed by atoms with van der Waals surface area (Å²) < 4.78 is 17.2. The summed E-state index contributed by atoms with van der Waals surface area (Å²) in [4.78, 5) is 14.5. The van der Waals surface area contributed by atoms with Crippen molar-refractivity contribution in [2.75, 3.05) is 0 Å². The predicted octanol–water partition coefficient (Wildman–Crippen LogP) is 1.93. The van der Waals surface area contributed by atoms with E-state index < -0.39 is 5.82 Å². The third kappa shape index (κ3) is 3.19. The second-order valence-electron chi connectivity index (χ2n) is 2.54. The van der Waals surface area contributed by atoms with Gasteiger partial charge in [0, 0.05) is 12.5 Å². The van der Waals surface area contributed by atoms with Crippen LogP contribution in [0.5, 0.6) is 5.88 Å². The van der Waals surface area contributed by atoms with Gasteiger partial charge < -0.3 is 4.74 Å². The van der Waals surface area contributed by atoms with E-state index in [0.717, 1.165) is 12.6 Å². The predicted molar refractivity (Wildman–Crippen MR) is 44.7 cm³/mol. The molecule has 0 N–H and O–H groups in total. The molecule has 4 heteroatoms. The van der Waals surface area contributed by atoms with Crippen molar-refractivity contribution in [3.05, 3.63) is 24.1 Å². The number of carbonyl (C=O) groups is 1. The summed E-state index contributed by atoms with van der Waals surface area (Å²) >= 11 is 0. The molecule has 0 unspecified atom stereocenters. The van der Waals surface area contributed by atoms with E-state index in [1.807, 2.05) is 6.92 Å². The van der Waals surface area contributed by atoms with E-state index in [0.29, 0.717) is 6.42 Å². The van der Waals surface area contributed by atoms with Crippen LogP contribution >= 0.6 is 0 Å². The molecule has 1 aromatic rings. The number of hydrogen-bond donors (Lipinski definition) is 0. The third-order valence-corrected chi connectivity index (χ3v) is 1.37. The molecule has 1 heterocycles. The van der Waals surface area contributed by atoms with Crippen LogP contribution in [0, 0.1) is 5.82 Å². The lowest BCUT2D eigenvalue weighted by molar-refractivity contribution is -0.134. The number of halogens is 1. The number of ether oxygens (including phenoxy) is 1. The standard InChI is InChI=1S/C9H10FNO2/c1-2-3-9(12)13-8-5-4-7(10)6-11-8/h4-6H,2-3H2,1H3. The highest BCUT2D eigenvalue weighted by Crippen LogP contribution is 2.07. The lowest BCUT2D eigenvalue weighted by Crippen LogP contribution is -2.07. The number of rotatable bonds is 3. The van der Waals surface area contributed by atoms with Gasteiger partial charge in [-0.25, -0.2) is 9.37 Å². The second kappa shape index (κ2) is 4.54. The molecule has 0 radical (unpaired) electrons. The number of pyridine rings is 1.